The Labute approximate surface area is 174 Å². The van der Waals surface area contributed by atoms with E-state index in [4.69, 9.17) is 15.5 Å². The molecule has 2 N–H and O–H groups in total. The Kier molecular flexibility index (Phi) is 4.61. The number of aromatic nitrogens is 3. The average molecular weight is 404 g/mol. The van der Waals surface area contributed by atoms with Crippen molar-refractivity contribution < 1.29 is 9.53 Å². The van der Waals surface area contributed by atoms with Crippen molar-refractivity contribution in [2.24, 2.45) is 0 Å². The number of carbonyl (C=O) groups is 1. The zero-order valence-electron chi connectivity index (χ0n) is 16.9. The van der Waals surface area contributed by atoms with Crippen LogP contribution in [-0.4, -0.2) is 52.7 Å². The van der Waals surface area contributed by atoms with Crippen LogP contribution in [0.2, 0.25) is 0 Å². The van der Waals surface area contributed by atoms with E-state index in [9.17, 15) is 4.79 Å². The number of pyridine rings is 1. The summed E-state index contributed by atoms with van der Waals surface area (Å²) in [6.45, 7) is 3.75. The third-order valence-electron chi connectivity index (χ3n) is 5.95. The Hall–Kier alpha value is -3.42. The van der Waals surface area contributed by atoms with Crippen LogP contribution in [0.3, 0.4) is 0 Å². The second-order valence-electron chi connectivity index (χ2n) is 7.78. The Morgan fingerprint density at radius 2 is 1.87 bits per heavy atom. The lowest BCUT2D eigenvalue weighted by molar-refractivity contribution is 0.0527. The Morgan fingerprint density at radius 3 is 2.57 bits per heavy atom. The van der Waals surface area contributed by atoms with Gasteiger partial charge in [-0.05, 0) is 31.2 Å². The van der Waals surface area contributed by atoms with Crippen LogP contribution in [0, 0.1) is 0 Å². The number of fused-ring (bicyclic) bond motifs is 3. The third kappa shape index (κ3) is 3.18. The predicted molar refractivity (Wildman–Crippen MR) is 116 cm³/mol. The third-order valence-corrected chi connectivity index (χ3v) is 5.95. The van der Waals surface area contributed by atoms with Crippen LogP contribution >= 0.6 is 0 Å². The summed E-state index contributed by atoms with van der Waals surface area (Å²) >= 11 is 0. The molecule has 0 spiro atoms. The number of nitrogen functional groups attached to an aromatic ring is 1. The molecule has 2 atom stereocenters. The van der Waals surface area contributed by atoms with E-state index in [0.717, 1.165) is 37.1 Å². The van der Waals surface area contributed by atoms with Gasteiger partial charge in [0.05, 0.1) is 6.61 Å². The SMILES string of the molecule is CCOC(=O)c1cnc(N2C3CCC2CN(c2cc4ccccc4cn2)C3)nc1N. The van der Waals surface area contributed by atoms with Gasteiger partial charge in [0.2, 0.25) is 5.95 Å². The highest BCUT2D eigenvalue weighted by atomic mass is 16.5. The van der Waals surface area contributed by atoms with Gasteiger partial charge in [-0.25, -0.2) is 14.8 Å². The molecular weight excluding hydrogens is 380 g/mol. The summed E-state index contributed by atoms with van der Waals surface area (Å²) in [7, 11) is 0. The molecule has 2 fully saturated rings. The fourth-order valence-corrected chi connectivity index (χ4v) is 4.54. The van der Waals surface area contributed by atoms with Crippen LogP contribution < -0.4 is 15.5 Å². The number of piperazine rings is 1. The largest absolute Gasteiger partial charge is 0.462 e. The highest BCUT2D eigenvalue weighted by molar-refractivity contribution is 5.94. The fraction of sp³-hybridized carbons (Fsp3) is 0.364. The molecule has 2 bridgehead atoms. The second kappa shape index (κ2) is 7.44. The molecule has 1 aromatic carbocycles. The van der Waals surface area contributed by atoms with Gasteiger partial charge in [0.15, 0.2) is 0 Å². The topological polar surface area (TPSA) is 97.5 Å². The number of ether oxygens (including phenoxy) is 1. The molecule has 8 heteroatoms. The first-order valence-electron chi connectivity index (χ1n) is 10.3. The van der Waals surface area contributed by atoms with Crippen molar-refractivity contribution in [3.05, 3.63) is 48.3 Å². The molecule has 3 aromatic rings. The van der Waals surface area contributed by atoms with E-state index >= 15 is 0 Å². The molecule has 2 saturated heterocycles. The van der Waals surface area contributed by atoms with E-state index in [1.807, 2.05) is 12.3 Å². The summed E-state index contributed by atoms with van der Waals surface area (Å²) in [6, 6.07) is 11.0. The standard InChI is InChI=1S/C22H24N6O2/c1-2-30-21(29)18-11-25-22(26-20(18)23)28-16-7-8-17(28)13-27(12-16)19-9-14-5-3-4-6-15(14)10-24-19/h3-6,9-11,16-17H,2,7-8,12-13H2,1H3,(H2,23,25,26). The Morgan fingerprint density at radius 1 is 1.13 bits per heavy atom. The van der Waals surface area contributed by atoms with Gasteiger partial charge >= 0.3 is 5.97 Å². The molecule has 0 aliphatic carbocycles. The summed E-state index contributed by atoms with van der Waals surface area (Å²) in [5.41, 5.74) is 6.26. The summed E-state index contributed by atoms with van der Waals surface area (Å²) in [5.74, 6) is 1.26. The lowest BCUT2D eigenvalue weighted by Crippen LogP contribution is -2.54. The molecule has 4 heterocycles. The maximum atomic E-state index is 12.0. The van der Waals surface area contributed by atoms with Gasteiger partial charge in [-0.15, -0.1) is 0 Å². The number of rotatable bonds is 4. The molecule has 0 saturated carbocycles. The minimum Gasteiger partial charge on any atom is -0.462 e. The summed E-state index contributed by atoms with van der Waals surface area (Å²) in [4.78, 5) is 30.2. The molecule has 5 rings (SSSR count). The van der Waals surface area contributed by atoms with Crippen LogP contribution in [0.1, 0.15) is 30.1 Å². The summed E-state index contributed by atoms with van der Waals surface area (Å²) in [6.07, 6.45) is 5.55. The second-order valence-corrected chi connectivity index (χ2v) is 7.78. The van der Waals surface area contributed by atoms with Gasteiger partial charge in [0.25, 0.3) is 0 Å². The van der Waals surface area contributed by atoms with Gasteiger partial charge in [-0.1, -0.05) is 24.3 Å². The van der Waals surface area contributed by atoms with E-state index in [1.165, 1.54) is 11.6 Å². The molecule has 2 aromatic heterocycles. The summed E-state index contributed by atoms with van der Waals surface area (Å²) in [5, 5.41) is 2.34. The van der Waals surface area contributed by atoms with Gasteiger partial charge in [0.1, 0.15) is 17.2 Å². The number of nitrogens with two attached hydrogens (primary N) is 1. The quantitative estimate of drug-likeness (QED) is 0.663. The zero-order valence-corrected chi connectivity index (χ0v) is 16.9. The normalized spacial score (nSPS) is 20.6. The molecule has 2 aliphatic heterocycles. The lowest BCUT2D eigenvalue weighted by atomic mass is 10.1. The van der Waals surface area contributed by atoms with Crippen molar-refractivity contribution in [2.45, 2.75) is 31.8 Å². The first kappa shape index (κ1) is 18.6. The van der Waals surface area contributed by atoms with E-state index in [0.29, 0.717) is 5.95 Å². The monoisotopic (exact) mass is 404 g/mol. The van der Waals surface area contributed by atoms with Gasteiger partial charge in [-0.2, -0.15) is 4.98 Å². The van der Waals surface area contributed by atoms with Crippen LogP contribution in [0.25, 0.3) is 10.8 Å². The Balaban J connectivity index is 1.38. The van der Waals surface area contributed by atoms with E-state index in [2.05, 4.69) is 44.0 Å². The van der Waals surface area contributed by atoms with Gasteiger partial charge < -0.3 is 20.3 Å². The molecule has 154 valence electrons. The van der Waals surface area contributed by atoms with Crippen molar-refractivity contribution in [1.82, 2.24) is 15.0 Å². The smallest absolute Gasteiger partial charge is 0.343 e. The van der Waals surface area contributed by atoms with Crippen molar-refractivity contribution in [3.8, 4) is 0 Å². The van der Waals surface area contributed by atoms with E-state index in [1.54, 1.807) is 6.92 Å². The van der Waals surface area contributed by atoms with Gasteiger partial charge in [-0.3, -0.25) is 0 Å². The summed E-state index contributed by atoms with van der Waals surface area (Å²) < 4.78 is 5.02. The van der Waals surface area contributed by atoms with Crippen molar-refractivity contribution in [1.29, 1.82) is 0 Å². The van der Waals surface area contributed by atoms with E-state index in [-0.39, 0.29) is 30.1 Å². The molecule has 0 amide bonds. The van der Waals surface area contributed by atoms with Crippen molar-refractivity contribution in [2.75, 3.05) is 35.2 Å². The van der Waals surface area contributed by atoms with Crippen LogP contribution in [0.4, 0.5) is 17.6 Å². The molecule has 2 aliphatic rings. The fourth-order valence-electron chi connectivity index (χ4n) is 4.54. The number of esters is 1. The molecule has 30 heavy (non-hydrogen) atoms. The number of nitrogens with zero attached hydrogens (tertiary/aromatic N) is 5. The molecule has 2 unspecified atom stereocenters. The number of hydrogen-bond donors (Lipinski definition) is 1. The molecular formula is C22H24N6O2. The van der Waals surface area contributed by atoms with Crippen molar-refractivity contribution in [3.63, 3.8) is 0 Å². The van der Waals surface area contributed by atoms with Crippen LogP contribution in [-0.2, 0) is 4.74 Å². The number of anilines is 3. The highest BCUT2D eigenvalue weighted by Gasteiger charge is 2.42. The Bertz CT molecular complexity index is 1090. The van der Waals surface area contributed by atoms with Crippen LogP contribution in [0.5, 0.6) is 0 Å². The highest BCUT2D eigenvalue weighted by Crippen LogP contribution is 2.35. The van der Waals surface area contributed by atoms with Crippen molar-refractivity contribution >= 4 is 34.3 Å². The average Bonchev–Trinajstić information content (AvgIpc) is 3.02. The number of hydrogen-bond acceptors (Lipinski definition) is 8. The maximum absolute atomic E-state index is 12.0. The first-order valence-corrected chi connectivity index (χ1v) is 10.3. The van der Waals surface area contributed by atoms with E-state index < -0.39 is 5.97 Å². The predicted octanol–water partition coefficient (Wildman–Crippen LogP) is 2.64. The zero-order chi connectivity index (χ0) is 20.7. The molecule has 0 radical (unpaired) electrons. The van der Waals surface area contributed by atoms with Gasteiger partial charge in [0, 0.05) is 43.0 Å². The minimum atomic E-state index is -0.489. The lowest BCUT2D eigenvalue weighted by Gasteiger charge is -2.41. The van der Waals surface area contributed by atoms with Crippen LogP contribution in [0.15, 0.2) is 42.7 Å². The number of carbonyl (C=O) groups excluding carboxylic acids is 1. The first-order chi connectivity index (χ1) is 14.6. The molecule has 8 nitrogen and oxygen atoms in total. The minimum absolute atomic E-state index is 0.163. The number of benzene rings is 1. The maximum Gasteiger partial charge on any atom is 0.343 e.